The summed E-state index contributed by atoms with van der Waals surface area (Å²) in [6, 6.07) is 5.02. The Morgan fingerprint density at radius 3 is 3.07 bits per heavy atom. The second-order valence-corrected chi connectivity index (χ2v) is 6.84. The average Bonchev–Trinajstić information content (AvgIpc) is 2.72. The molecule has 0 aromatic heterocycles. The van der Waals surface area contributed by atoms with Gasteiger partial charge in [0.25, 0.3) is 6.45 Å². The fourth-order valence-electron chi connectivity index (χ4n) is 3.03. The maximum absolute atomic E-state index is 12.4. The van der Waals surface area contributed by atoms with Crippen LogP contribution in [0.4, 0.5) is 16.2 Å². The molecule has 1 aromatic carbocycles. The fourth-order valence-corrected chi connectivity index (χ4v) is 3.03. The molecule has 4 N–H and O–H groups in total. The number of primary amides is 1. The van der Waals surface area contributed by atoms with Gasteiger partial charge in [-0.05, 0) is 55.9 Å². The van der Waals surface area contributed by atoms with Gasteiger partial charge in [0.15, 0.2) is 2.78 Å². The van der Waals surface area contributed by atoms with E-state index in [2.05, 4.69) is 10.6 Å². The normalized spacial score (nSPS) is 17.0. The summed E-state index contributed by atoms with van der Waals surface area (Å²) in [4.78, 5) is 34.4. The SMILES string of the molecule is [2H]C(=O)OCc1ccc(NC(=O)OC2C=CCCCCC2)c(NCCCC(=O)N[3H])c1. The maximum atomic E-state index is 12.4. The molecule has 0 saturated carbocycles. The van der Waals surface area contributed by atoms with Gasteiger partial charge in [-0.2, -0.15) is 0 Å². The number of hydrogen-bond acceptors (Lipinski definition) is 6. The van der Waals surface area contributed by atoms with Crippen LogP contribution in [-0.2, 0) is 25.7 Å². The van der Waals surface area contributed by atoms with Gasteiger partial charge < -0.3 is 20.5 Å². The first-order chi connectivity index (χ1) is 15.0. The minimum absolute atomic E-state index is 0.0736. The summed E-state index contributed by atoms with van der Waals surface area (Å²) in [5, 5.41) is 5.87. The third kappa shape index (κ3) is 8.68. The lowest BCUT2D eigenvalue weighted by atomic mass is 10.0. The second-order valence-electron chi connectivity index (χ2n) is 6.84. The molecule has 1 aromatic rings. The molecular formula is C21H29N3O5. The van der Waals surface area contributed by atoms with Gasteiger partial charge in [0.05, 0.1) is 11.4 Å². The molecule has 0 heterocycles. The molecule has 0 bridgehead atoms. The summed E-state index contributed by atoms with van der Waals surface area (Å²) in [7, 11) is 0. The first kappa shape index (κ1) is 19.3. The highest BCUT2D eigenvalue weighted by Gasteiger charge is 2.15. The van der Waals surface area contributed by atoms with Crippen LogP contribution >= 0.6 is 0 Å². The fraction of sp³-hybridized carbons (Fsp3) is 0.476. The van der Waals surface area contributed by atoms with Crippen molar-refractivity contribution < 1.29 is 26.6 Å². The first-order valence-electron chi connectivity index (χ1n) is 10.8. The molecule has 1 aliphatic carbocycles. The Bertz CT molecular complexity index is 788. The number of allylic oxidation sites excluding steroid dienone is 1. The average molecular weight is 406 g/mol. The monoisotopic (exact) mass is 406 g/mol. The smallest absolute Gasteiger partial charge is 0.412 e. The van der Waals surface area contributed by atoms with Gasteiger partial charge in [-0.25, -0.2) is 4.79 Å². The minimum atomic E-state index is -1.13. The molecule has 1 atom stereocenters. The molecule has 0 aliphatic heterocycles. The lowest BCUT2D eigenvalue weighted by molar-refractivity contribution is -0.129. The number of carbonyl (C=O) groups excluding carboxylic acids is 3. The van der Waals surface area contributed by atoms with E-state index in [1.807, 2.05) is 17.9 Å². The van der Waals surface area contributed by atoms with E-state index in [0.29, 0.717) is 29.9 Å². The molecular weight excluding hydrogens is 374 g/mol. The Kier molecular flexibility index (Phi) is 8.27. The molecule has 0 radical (unpaired) electrons. The largest absolute Gasteiger partial charge is 0.463 e. The van der Waals surface area contributed by atoms with Crippen LogP contribution in [0, 0.1) is 0 Å². The van der Waals surface area contributed by atoms with Crippen molar-refractivity contribution in [1.29, 1.82) is 0 Å². The van der Waals surface area contributed by atoms with E-state index < -0.39 is 12.5 Å². The summed E-state index contributed by atoms with van der Waals surface area (Å²) in [6.07, 6.45) is 7.69. The highest BCUT2D eigenvalue weighted by Crippen LogP contribution is 2.25. The van der Waals surface area contributed by atoms with Crippen LogP contribution in [0.3, 0.4) is 0 Å². The lowest BCUT2D eigenvalue weighted by Crippen LogP contribution is -2.22. The quantitative estimate of drug-likeness (QED) is 0.328. The zero-order valence-corrected chi connectivity index (χ0v) is 16.4. The zero-order valence-electron chi connectivity index (χ0n) is 18.4. The number of carbonyl (C=O) groups is 3. The van der Waals surface area contributed by atoms with Gasteiger partial charge in [-0.15, -0.1) is 0 Å². The van der Waals surface area contributed by atoms with Crippen LogP contribution in [0.5, 0.6) is 0 Å². The van der Waals surface area contributed by atoms with Crippen LogP contribution in [0.15, 0.2) is 30.4 Å². The van der Waals surface area contributed by atoms with Crippen LogP contribution in [0.2, 0.25) is 1.41 Å². The van der Waals surface area contributed by atoms with Crippen molar-refractivity contribution in [2.24, 2.45) is 5.73 Å². The number of ether oxygens (including phenoxy) is 2. The number of nitrogens with two attached hydrogens (primary N) is 1. The number of anilines is 2. The third-order valence-corrected chi connectivity index (χ3v) is 4.48. The summed E-state index contributed by atoms with van der Waals surface area (Å²) in [5.41, 5.74) is 3.50. The van der Waals surface area contributed by atoms with Crippen molar-refractivity contribution in [2.75, 3.05) is 17.2 Å². The van der Waals surface area contributed by atoms with Crippen molar-refractivity contribution in [1.82, 2.24) is 0 Å². The van der Waals surface area contributed by atoms with Gasteiger partial charge in [0.2, 0.25) is 5.91 Å². The minimum Gasteiger partial charge on any atom is -0.463 e. The van der Waals surface area contributed by atoms with Crippen molar-refractivity contribution >= 4 is 29.8 Å². The van der Waals surface area contributed by atoms with Gasteiger partial charge in [-0.3, -0.25) is 14.9 Å². The molecule has 1 unspecified atom stereocenters. The van der Waals surface area contributed by atoms with E-state index in [1.165, 1.54) is 0 Å². The molecule has 1 aliphatic rings. The maximum Gasteiger partial charge on any atom is 0.412 e. The Morgan fingerprint density at radius 1 is 1.34 bits per heavy atom. The number of rotatable bonds is 9. The van der Waals surface area contributed by atoms with Crippen LogP contribution < -0.4 is 16.4 Å². The third-order valence-electron chi connectivity index (χ3n) is 4.48. The molecule has 0 saturated heterocycles. The van der Waals surface area contributed by atoms with E-state index >= 15 is 0 Å². The molecule has 0 fully saturated rings. The second kappa shape index (κ2) is 12.4. The number of benzene rings is 1. The summed E-state index contributed by atoms with van der Waals surface area (Å²) < 4.78 is 23.9. The van der Waals surface area contributed by atoms with Crippen LogP contribution in [0.25, 0.3) is 0 Å². The summed E-state index contributed by atoms with van der Waals surface area (Å²) in [5.74, 6) is -0.382. The molecule has 8 nitrogen and oxygen atoms in total. The van der Waals surface area contributed by atoms with Crippen molar-refractivity contribution in [3.05, 3.63) is 35.9 Å². The summed E-state index contributed by atoms with van der Waals surface area (Å²) in [6.45, 7) is 0.347. The van der Waals surface area contributed by atoms with Crippen molar-refractivity contribution in [3.8, 4) is 0 Å². The Labute approximate surface area is 173 Å². The van der Waals surface area contributed by atoms with E-state index in [4.69, 9.17) is 12.3 Å². The van der Waals surface area contributed by atoms with Gasteiger partial charge in [-0.1, -0.05) is 18.6 Å². The number of nitrogens with one attached hydrogen (secondary N) is 2. The molecule has 29 heavy (non-hydrogen) atoms. The van der Waals surface area contributed by atoms with Crippen molar-refractivity contribution in [2.45, 2.75) is 57.7 Å². The Hall–Kier alpha value is -3.03. The molecule has 2 rings (SSSR count). The lowest BCUT2D eigenvalue weighted by Gasteiger charge is -2.18. The Balaban J connectivity index is 2.02. The topological polar surface area (TPSA) is 120 Å². The molecule has 0 spiro atoms. The zero-order chi connectivity index (χ0) is 22.5. The Morgan fingerprint density at radius 2 is 2.24 bits per heavy atom. The predicted molar refractivity (Wildman–Crippen MR) is 110 cm³/mol. The van der Waals surface area contributed by atoms with Crippen molar-refractivity contribution in [3.63, 3.8) is 0 Å². The molecule has 8 heteroatoms. The van der Waals surface area contributed by atoms with Crippen LogP contribution in [-0.4, -0.2) is 31.1 Å². The molecule has 2 amide bonds. The predicted octanol–water partition coefficient (Wildman–Crippen LogP) is 3.47. The summed E-state index contributed by atoms with van der Waals surface area (Å²) >= 11 is 0. The highest BCUT2D eigenvalue weighted by atomic mass is 16.6. The van der Waals surface area contributed by atoms with Crippen LogP contribution in [0.1, 0.15) is 51.9 Å². The van der Waals surface area contributed by atoms with E-state index in [1.54, 1.807) is 18.2 Å². The number of hydrogen-bond donors (Lipinski definition) is 3. The van der Waals surface area contributed by atoms with Gasteiger partial charge >= 0.3 is 6.09 Å². The highest BCUT2D eigenvalue weighted by molar-refractivity contribution is 5.89. The van der Waals surface area contributed by atoms with E-state index in [-0.39, 0.29) is 25.0 Å². The first-order valence-corrected chi connectivity index (χ1v) is 9.83. The van der Waals surface area contributed by atoms with Gasteiger partial charge in [0, 0.05) is 13.0 Å². The molecule has 158 valence electrons. The number of amides is 2. The van der Waals surface area contributed by atoms with E-state index in [9.17, 15) is 14.4 Å². The van der Waals surface area contributed by atoms with Gasteiger partial charge in [0.1, 0.15) is 12.7 Å². The van der Waals surface area contributed by atoms with E-state index in [0.717, 1.165) is 32.1 Å². The standard InChI is InChI=1S/C21H29N3O5/c22-20(26)9-6-12-23-19-13-16(14-28-15-25)10-11-18(19)24-21(27)29-17-7-4-2-1-3-5-8-17/h4,7,10-11,13,15,17,23H,1-3,5-6,8-9,12,14H2,(H2,22,26)(H,24,27)/i15D/hT.